The summed E-state index contributed by atoms with van der Waals surface area (Å²) in [6.45, 7) is 5.59. The van der Waals surface area contributed by atoms with E-state index in [1.807, 2.05) is 6.07 Å². The molecule has 1 heterocycles. The predicted molar refractivity (Wildman–Crippen MR) is 114 cm³/mol. The summed E-state index contributed by atoms with van der Waals surface area (Å²) >= 11 is 0. The van der Waals surface area contributed by atoms with Crippen LogP contribution in [0.25, 0.3) is 11.1 Å². The van der Waals surface area contributed by atoms with E-state index >= 15 is 0 Å². The number of hydrogen-bond donors (Lipinski definition) is 1. The fourth-order valence-electron chi connectivity index (χ4n) is 4.73. The van der Waals surface area contributed by atoms with E-state index in [1.165, 1.54) is 33.5 Å². The van der Waals surface area contributed by atoms with Gasteiger partial charge in [0.25, 0.3) is 0 Å². The van der Waals surface area contributed by atoms with Crippen LogP contribution < -0.4 is 14.5 Å². The van der Waals surface area contributed by atoms with Gasteiger partial charge >= 0.3 is 0 Å². The van der Waals surface area contributed by atoms with Crippen LogP contribution in [-0.4, -0.2) is 33.3 Å². The molecule has 0 bridgehead atoms. The van der Waals surface area contributed by atoms with Crippen LogP contribution in [0, 0.1) is 0 Å². The first kappa shape index (κ1) is 17.3. The van der Waals surface area contributed by atoms with Crippen LogP contribution in [0.3, 0.4) is 0 Å². The molecule has 2 aliphatic rings. The van der Waals surface area contributed by atoms with Crippen LogP contribution in [0.15, 0.2) is 66.7 Å². The summed E-state index contributed by atoms with van der Waals surface area (Å²) in [4.78, 5) is 4.13. The van der Waals surface area contributed by atoms with Crippen molar-refractivity contribution in [2.75, 3.05) is 38.2 Å². The minimum Gasteiger partial charge on any atom is -0.495 e. The molecule has 1 fully saturated rings. The fourth-order valence-corrected chi connectivity index (χ4v) is 4.73. The van der Waals surface area contributed by atoms with E-state index in [2.05, 4.69) is 65.6 Å². The van der Waals surface area contributed by atoms with Gasteiger partial charge < -0.3 is 14.5 Å². The number of fused-ring (bicyclic) bond motifs is 3. The van der Waals surface area contributed by atoms with Gasteiger partial charge in [0.2, 0.25) is 0 Å². The number of nitrogens with zero attached hydrogens (tertiary/aromatic N) is 1. The van der Waals surface area contributed by atoms with Gasteiger partial charge in [-0.3, -0.25) is 0 Å². The largest absolute Gasteiger partial charge is 0.495 e. The number of ether oxygens (including phenoxy) is 1. The average molecular weight is 372 g/mol. The lowest BCUT2D eigenvalue weighted by Crippen LogP contribution is -3.13. The number of benzene rings is 3. The van der Waals surface area contributed by atoms with Crippen molar-refractivity contribution in [2.24, 2.45) is 0 Å². The first-order valence-electron chi connectivity index (χ1n) is 10.2. The highest BCUT2D eigenvalue weighted by Crippen LogP contribution is 2.36. The number of quaternary nitrogens is 1. The van der Waals surface area contributed by atoms with Crippen molar-refractivity contribution in [1.29, 1.82) is 0 Å². The Labute approximate surface area is 167 Å². The molecule has 3 heteroatoms. The first-order valence-corrected chi connectivity index (χ1v) is 10.2. The topological polar surface area (TPSA) is 16.9 Å². The van der Waals surface area contributed by atoms with Gasteiger partial charge in [-0.05, 0) is 46.9 Å². The quantitative estimate of drug-likeness (QED) is 0.593. The van der Waals surface area contributed by atoms with Gasteiger partial charge in [0.1, 0.15) is 12.3 Å². The normalized spacial score (nSPS) is 16.0. The number of rotatable bonds is 4. The molecule has 0 radical (unpaired) electrons. The van der Waals surface area contributed by atoms with E-state index in [9.17, 15) is 0 Å². The van der Waals surface area contributed by atoms with Gasteiger partial charge in [-0.2, -0.15) is 0 Å². The molecule has 3 aromatic rings. The van der Waals surface area contributed by atoms with Crippen LogP contribution in [-0.2, 0) is 13.0 Å². The van der Waals surface area contributed by atoms with Crippen LogP contribution in [0.2, 0.25) is 0 Å². The van der Waals surface area contributed by atoms with Crippen molar-refractivity contribution in [3.8, 4) is 16.9 Å². The van der Waals surface area contributed by atoms with E-state index < -0.39 is 0 Å². The van der Waals surface area contributed by atoms with Crippen molar-refractivity contribution >= 4 is 5.69 Å². The second-order valence-electron chi connectivity index (χ2n) is 7.91. The van der Waals surface area contributed by atoms with Crippen LogP contribution in [0.1, 0.15) is 16.7 Å². The highest BCUT2D eigenvalue weighted by Gasteiger charge is 2.23. The standard InChI is InChI=1S/C25H26N2O/c1-28-25-9-5-4-8-24(25)27-14-12-26(13-15-27)18-19-10-11-23-21(16-19)17-20-6-2-3-7-22(20)23/h2-11,16H,12-15,17-18H2,1H3/p+1. The molecule has 1 aliphatic carbocycles. The summed E-state index contributed by atoms with van der Waals surface area (Å²) in [7, 11) is 1.76. The molecular formula is C25H27N2O+. The van der Waals surface area contributed by atoms with Crippen molar-refractivity contribution in [3.63, 3.8) is 0 Å². The summed E-state index contributed by atoms with van der Waals surface area (Å²) in [6, 6.07) is 24.3. The predicted octanol–water partition coefficient (Wildman–Crippen LogP) is 3.17. The summed E-state index contributed by atoms with van der Waals surface area (Å²) < 4.78 is 5.54. The fraction of sp³-hybridized carbons (Fsp3) is 0.280. The number of piperazine rings is 1. The molecule has 5 rings (SSSR count). The Hall–Kier alpha value is -2.78. The molecule has 1 N–H and O–H groups in total. The van der Waals surface area contributed by atoms with Crippen molar-refractivity contribution in [2.45, 2.75) is 13.0 Å². The molecule has 142 valence electrons. The average Bonchev–Trinajstić information content (AvgIpc) is 3.12. The lowest BCUT2D eigenvalue weighted by atomic mass is 10.0. The number of anilines is 1. The first-order chi connectivity index (χ1) is 13.8. The lowest BCUT2D eigenvalue weighted by molar-refractivity contribution is -0.914. The summed E-state index contributed by atoms with van der Waals surface area (Å²) in [5.41, 5.74) is 8.49. The Morgan fingerprint density at radius 1 is 0.857 bits per heavy atom. The monoisotopic (exact) mass is 371 g/mol. The second-order valence-corrected chi connectivity index (χ2v) is 7.91. The third-order valence-electron chi connectivity index (χ3n) is 6.21. The van der Waals surface area contributed by atoms with Crippen LogP contribution >= 0.6 is 0 Å². The molecular weight excluding hydrogens is 344 g/mol. The van der Waals surface area contributed by atoms with Gasteiger partial charge in [-0.15, -0.1) is 0 Å². The number of para-hydroxylation sites is 2. The van der Waals surface area contributed by atoms with E-state index in [1.54, 1.807) is 12.0 Å². The van der Waals surface area contributed by atoms with Gasteiger partial charge in [0.05, 0.1) is 39.0 Å². The number of nitrogens with one attached hydrogen (secondary N) is 1. The van der Waals surface area contributed by atoms with Gasteiger partial charge in [0.15, 0.2) is 0 Å². The minimum absolute atomic E-state index is 0.976. The maximum Gasteiger partial charge on any atom is 0.142 e. The Morgan fingerprint density at radius 2 is 1.61 bits per heavy atom. The SMILES string of the molecule is COc1ccccc1N1CC[NH+](Cc2ccc3c(c2)Cc2ccccc2-3)CC1. The minimum atomic E-state index is 0.976. The molecule has 0 atom stereocenters. The molecule has 1 saturated heterocycles. The third kappa shape index (κ3) is 3.16. The molecule has 3 nitrogen and oxygen atoms in total. The third-order valence-corrected chi connectivity index (χ3v) is 6.21. The maximum absolute atomic E-state index is 5.54. The number of methoxy groups -OCH3 is 1. The molecule has 0 aromatic heterocycles. The molecule has 0 unspecified atom stereocenters. The molecule has 0 spiro atoms. The highest BCUT2D eigenvalue weighted by atomic mass is 16.5. The second kappa shape index (κ2) is 7.33. The van der Waals surface area contributed by atoms with Crippen LogP contribution in [0.4, 0.5) is 5.69 Å². The van der Waals surface area contributed by atoms with Gasteiger partial charge in [-0.25, -0.2) is 0 Å². The molecule has 3 aromatic carbocycles. The molecule has 0 saturated carbocycles. The Bertz CT molecular complexity index is 989. The summed E-state index contributed by atoms with van der Waals surface area (Å²) in [5, 5.41) is 0. The lowest BCUT2D eigenvalue weighted by Gasteiger charge is -2.34. The number of hydrogen-bond acceptors (Lipinski definition) is 2. The van der Waals surface area contributed by atoms with Crippen LogP contribution in [0.5, 0.6) is 5.75 Å². The van der Waals surface area contributed by atoms with Gasteiger partial charge in [-0.1, -0.05) is 48.5 Å². The Balaban J connectivity index is 1.25. The smallest absolute Gasteiger partial charge is 0.142 e. The maximum atomic E-state index is 5.54. The van der Waals surface area contributed by atoms with Crippen molar-refractivity contribution < 1.29 is 9.64 Å². The van der Waals surface area contributed by atoms with E-state index in [0.717, 1.165) is 44.9 Å². The van der Waals surface area contributed by atoms with Gasteiger partial charge in [0, 0.05) is 5.56 Å². The Morgan fingerprint density at radius 3 is 2.46 bits per heavy atom. The van der Waals surface area contributed by atoms with Crippen molar-refractivity contribution in [3.05, 3.63) is 83.4 Å². The molecule has 0 amide bonds. The van der Waals surface area contributed by atoms with Crippen molar-refractivity contribution in [1.82, 2.24) is 0 Å². The zero-order chi connectivity index (χ0) is 18.9. The van der Waals surface area contributed by atoms with E-state index in [0.29, 0.717) is 0 Å². The van der Waals surface area contributed by atoms with E-state index in [-0.39, 0.29) is 0 Å². The molecule has 1 aliphatic heterocycles. The zero-order valence-corrected chi connectivity index (χ0v) is 16.4. The summed E-state index contributed by atoms with van der Waals surface area (Å²) in [5.74, 6) is 0.976. The highest BCUT2D eigenvalue weighted by molar-refractivity contribution is 5.76. The summed E-state index contributed by atoms with van der Waals surface area (Å²) in [6.07, 6.45) is 1.08. The van der Waals surface area contributed by atoms with E-state index in [4.69, 9.17) is 4.74 Å². The Kier molecular flexibility index (Phi) is 4.53. The molecule has 28 heavy (non-hydrogen) atoms. The zero-order valence-electron chi connectivity index (χ0n) is 16.4.